The van der Waals surface area contributed by atoms with Gasteiger partial charge in [-0.1, -0.05) is 0 Å². The van der Waals surface area contributed by atoms with Crippen LogP contribution in [0.3, 0.4) is 0 Å². The fraction of sp³-hybridized carbons (Fsp3) is 0.455. The van der Waals surface area contributed by atoms with Crippen LogP contribution in [-0.2, 0) is 10.0 Å². The van der Waals surface area contributed by atoms with E-state index in [1.54, 1.807) is 6.07 Å². The van der Waals surface area contributed by atoms with Crippen molar-refractivity contribution in [3.63, 3.8) is 0 Å². The van der Waals surface area contributed by atoms with Gasteiger partial charge in [-0.3, -0.25) is 0 Å². The lowest BCUT2D eigenvalue weighted by atomic mass is 10.1. The molecule has 2 rings (SSSR count). The van der Waals surface area contributed by atoms with Crippen LogP contribution in [-0.4, -0.2) is 32.5 Å². The van der Waals surface area contributed by atoms with Gasteiger partial charge in [-0.15, -0.1) is 12.4 Å². The molecule has 0 spiro atoms. The molecule has 0 amide bonds. The van der Waals surface area contributed by atoms with Crippen molar-refractivity contribution in [2.75, 3.05) is 13.1 Å². The van der Waals surface area contributed by atoms with E-state index in [1.165, 1.54) is 18.3 Å². The zero-order chi connectivity index (χ0) is 13.0. The Hall–Kier alpha value is -1.20. The average Bonchev–Trinajstić information content (AvgIpc) is 2.39. The van der Waals surface area contributed by atoms with Crippen molar-refractivity contribution in [1.29, 1.82) is 5.26 Å². The van der Waals surface area contributed by atoms with Crippen molar-refractivity contribution in [1.82, 2.24) is 15.0 Å². The highest BCUT2D eigenvalue weighted by Gasteiger charge is 2.24. The molecule has 1 aliphatic heterocycles. The zero-order valence-corrected chi connectivity index (χ0v) is 11.8. The molecule has 1 aliphatic rings. The molecule has 104 valence electrons. The molecule has 0 bridgehead atoms. The van der Waals surface area contributed by atoms with Crippen LogP contribution in [0.25, 0.3) is 0 Å². The molecule has 6 nitrogen and oxygen atoms in total. The first-order chi connectivity index (χ1) is 8.63. The lowest BCUT2D eigenvalue weighted by molar-refractivity contribution is 0.428. The van der Waals surface area contributed by atoms with Crippen molar-refractivity contribution in [3.8, 4) is 6.07 Å². The number of piperidine rings is 1. The third-order valence-corrected chi connectivity index (χ3v) is 4.34. The minimum absolute atomic E-state index is 0. The van der Waals surface area contributed by atoms with Crippen LogP contribution in [0.15, 0.2) is 23.2 Å². The lowest BCUT2D eigenvalue weighted by Crippen LogP contribution is -2.45. The molecule has 1 aromatic heterocycles. The molecule has 0 aromatic carbocycles. The molecule has 8 heteroatoms. The van der Waals surface area contributed by atoms with Gasteiger partial charge in [-0.05, 0) is 31.5 Å². The van der Waals surface area contributed by atoms with E-state index < -0.39 is 10.0 Å². The second-order valence-corrected chi connectivity index (χ2v) is 5.81. The molecule has 1 atom stereocenters. The predicted octanol–water partition coefficient (Wildman–Crippen LogP) is 0.405. The van der Waals surface area contributed by atoms with Crippen LogP contribution >= 0.6 is 12.4 Å². The number of hydrogen-bond acceptors (Lipinski definition) is 5. The van der Waals surface area contributed by atoms with Gasteiger partial charge in [-0.2, -0.15) is 5.26 Å². The molecular formula is C11H15ClN4O2S. The summed E-state index contributed by atoms with van der Waals surface area (Å²) in [5.74, 6) is 0. The van der Waals surface area contributed by atoms with Gasteiger partial charge in [-0.25, -0.2) is 18.1 Å². The second kappa shape index (κ2) is 6.82. The van der Waals surface area contributed by atoms with Gasteiger partial charge in [0.1, 0.15) is 11.0 Å². The van der Waals surface area contributed by atoms with Crippen molar-refractivity contribution < 1.29 is 8.42 Å². The molecule has 1 aromatic rings. The van der Waals surface area contributed by atoms with Crippen LogP contribution in [0.4, 0.5) is 0 Å². The van der Waals surface area contributed by atoms with Crippen molar-refractivity contribution in [2.24, 2.45) is 0 Å². The van der Waals surface area contributed by atoms with E-state index in [4.69, 9.17) is 5.26 Å². The number of nitriles is 1. The monoisotopic (exact) mass is 302 g/mol. The maximum absolute atomic E-state index is 12.2. The molecule has 1 saturated heterocycles. The van der Waals surface area contributed by atoms with E-state index >= 15 is 0 Å². The summed E-state index contributed by atoms with van der Waals surface area (Å²) in [5.41, 5.74) is -0.0752. The summed E-state index contributed by atoms with van der Waals surface area (Å²) in [6, 6.07) is 4.57. The Kier molecular flexibility index (Phi) is 5.69. The van der Waals surface area contributed by atoms with E-state index in [9.17, 15) is 8.42 Å². The van der Waals surface area contributed by atoms with Crippen molar-refractivity contribution in [3.05, 3.63) is 24.0 Å². The first kappa shape index (κ1) is 15.9. The summed E-state index contributed by atoms with van der Waals surface area (Å²) >= 11 is 0. The van der Waals surface area contributed by atoms with Crippen LogP contribution in [0.2, 0.25) is 0 Å². The number of nitrogens with one attached hydrogen (secondary N) is 2. The fourth-order valence-corrected chi connectivity index (χ4v) is 3.30. The highest BCUT2D eigenvalue weighted by atomic mass is 35.5. The zero-order valence-electron chi connectivity index (χ0n) is 10.2. The highest BCUT2D eigenvalue weighted by molar-refractivity contribution is 7.89. The number of pyridine rings is 1. The molecule has 2 heterocycles. The topological polar surface area (TPSA) is 94.9 Å². The Labute approximate surface area is 118 Å². The molecule has 1 fully saturated rings. The van der Waals surface area contributed by atoms with Crippen LogP contribution < -0.4 is 10.0 Å². The maximum Gasteiger partial charge on any atom is 0.243 e. The minimum atomic E-state index is -3.68. The second-order valence-electron chi connectivity index (χ2n) is 4.13. The standard InChI is InChI=1S/C11H14N4O2S.ClH/c12-7-10-11(4-2-6-14-10)18(16,17)15-9-3-1-5-13-8-9;/h2,4,6,9,13,15H,1,3,5,8H2;1H/t9-;/m1./s1. The third-order valence-electron chi connectivity index (χ3n) is 2.78. The van der Waals surface area contributed by atoms with Gasteiger partial charge < -0.3 is 5.32 Å². The van der Waals surface area contributed by atoms with Gasteiger partial charge in [0.05, 0.1) is 0 Å². The number of aromatic nitrogens is 1. The summed E-state index contributed by atoms with van der Waals surface area (Å²) in [5, 5.41) is 12.0. The van der Waals surface area contributed by atoms with Crippen LogP contribution in [0, 0.1) is 11.3 Å². The van der Waals surface area contributed by atoms with Gasteiger partial charge in [0, 0.05) is 18.8 Å². The van der Waals surface area contributed by atoms with E-state index in [2.05, 4.69) is 15.0 Å². The van der Waals surface area contributed by atoms with E-state index in [0.717, 1.165) is 19.4 Å². The number of halogens is 1. The summed E-state index contributed by atoms with van der Waals surface area (Å²) < 4.78 is 26.9. The Bertz CT molecular complexity index is 564. The minimum Gasteiger partial charge on any atom is -0.315 e. The van der Waals surface area contributed by atoms with E-state index in [-0.39, 0.29) is 29.0 Å². The molecular weight excluding hydrogens is 288 g/mol. The number of hydrogen-bond donors (Lipinski definition) is 2. The quantitative estimate of drug-likeness (QED) is 0.843. The van der Waals surface area contributed by atoms with Crippen LogP contribution in [0.5, 0.6) is 0 Å². The first-order valence-corrected chi connectivity index (χ1v) is 7.20. The predicted molar refractivity (Wildman–Crippen MR) is 72.4 cm³/mol. The van der Waals surface area contributed by atoms with Crippen molar-refractivity contribution >= 4 is 22.4 Å². The summed E-state index contributed by atoms with van der Waals surface area (Å²) in [7, 11) is -3.68. The molecule has 0 unspecified atom stereocenters. The number of rotatable bonds is 3. The Morgan fingerprint density at radius 1 is 1.53 bits per heavy atom. The van der Waals surface area contributed by atoms with Crippen molar-refractivity contribution in [2.45, 2.75) is 23.8 Å². The molecule has 0 radical (unpaired) electrons. The largest absolute Gasteiger partial charge is 0.315 e. The first-order valence-electron chi connectivity index (χ1n) is 5.71. The molecule has 0 aliphatic carbocycles. The fourth-order valence-electron chi connectivity index (χ4n) is 1.93. The Morgan fingerprint density at radius 2 is 2.32 bits per heavy atom. The number of sulfonamides is 1. The average molecular weight is 303 g/mol. The van der Waals surface area contributed by atoms with E-state index in [1.807, 2.05) is 0 Å². The summed E-state index contributed by atoms with van der Waals surface area (Å²) in [6.45, 7) is 1.52. The SMILES string of the molecule is Cl.N#Cc1ncccc1S(=O)(=O)N[C@@H]1CCCNC1. The van der Waals surface area contributed by atoms with E-state index in [0.29, 0.717) is 6.54 Å². The normalized spacial score (nSPS) is 19.2. The molecule has 19 heavy (non-hydrogen) atoms. The van der Waals surface area contributed by atoms with Gasteiger partial charge >= 0.3 is 0 Å². The Morgan fingerprint density at radius 3 is 2.95 bits per heavy atom. The summed E-state index contributed by atoms with van der Waals surface area (Å²) in [4.78, 5) is 3.70. The van der Waals surface area contributed by atoms with Gasteiger partial charge in [0.15, 0.2) is 5.69 Å². The van der Waals surface area contributed by atoms with Gasteiger partial charge in [0.25, 0.3) is 0 Å². The maximum atomic E-state index is 12.2. The smallest absolute Gasteiger partial charge is 0.243 e. The lowest BCUT2D eigenvalue weighted by Gasteiger charge is -2.23. The summed E-state index contributed by atoms with van der Waals surface area (Å²) in [6.07, 6.45) is 3.14. The highest BCUT2D eigenvalue weighted by Crippen LogP contribution is 2.13. The Balaban J connectivity index is 0.00000180. The van der Waals surface area contributed by atoms with Gasteiger partial charge in [0.2, 0.25) is 10.0 Å². The third kappa shape index (κ3) is 3.88. The molecule has 2 N–H and O–H groups in total. The molecule has 0 saturated carbocycles. The number of nitrogens with zero attached hydrogens (tertiary/aromatic N) is 2. The van der Waals surface area contributed by atoms with Crippen LogP contribution in [0.1, 0.15) is 18.5 Å².